The molecule has 0 heterocycles. The third kappa shape index (κ3) is 8.77. The molecule has 40 heavy (non-hydrogen) atoms. The summed E-state index contributed by atoms with van der Waals surface area (Å²) >= 11 is 11.6. The van der Waals surface area contributed by atoms with Crippen LogP contribution in [0.3, 0.4) is 0 Å². The monoisotopic (exact) mass is 1230 g/mol. The van der Waals surface area contributed by atoms with Crippen molar-refractivity contribution >= 4 is 176 Å². The molecule has 0 aliphatic heterocycles. The first-order valence-electron chi connectivity index (χ1n) is 10.8. The van der Waals surface area contributed by atoms with Gasteiger partial charge >= 0.3 is 6.03 Å². The Bertz CT molecular complexity index is 1230. The van der Waals surface area contributed by atoms with Crippen LogP contribution in [0.15, 0.2) is 0 Å². The van der Waals surface area contributed by atoms with Crippen LogP contribution in [0, 0.1) is 21.4 Å². The van der Waals surface area contributed by atoms with Crippen LogP contribution in [0.2, 0.25) is 0 Å². The fourth-order valence-corrected chi connectivity index (χ4v) is 10.8. The Morgan fingerprint density at radius 1 is 0.625 bits per heavy atom. The minimum absolute atomic E-state index is 0.184. The zero-order chi connectivity index (χ0) is 30.5. The van der Waals surface area contributed by atoms with Gasteiger partial charge in [0.1, 0.15) is 0 Å². The zero-order valence-corrected chi connectivity index (χ0v) is 32.9. The van der Waals surface area contributed by atoms with Crippen molar-refractivity contribution in [1.29, 1.82) is 0 Å². The van der Waals surface area contributed by atoms with Gasteiger partial charge in [0.05, 0.1) is 80.7 Å². The third-order valence-corrected chi connectivity index (χ3v) is 11.7. The Morgan fingerprint density at radius 2 is 0.950 bits per heavy atom. The van der Waals surface area contributed by atoms with Crippen molar-refractivity contribution in [2.24, 2.45) is 0 Å². The number of rotatable bonds is 10. The molecule has 0 saturated carbocycles. The first-order chi connectivity index (χ1) is 18.7. The first kappa shape index (κ1) is 36.7. The highest BCUT2D eigenvalue weighted by Crippen LogP contribution is 2.39. The van der Waals surface area contributed by atoms with Gasteiger partial charge in [-0.3, -0.25) is 9.59 Å². The van der Waals surface area contributed by atoms with Gasteiger partial charge in [-0.2, -0.15) is 0 Å². The fraction of sp³-hybridized carbons (Fsp3) is 0.286. The maximum Gasteiger partial charge on any atom is 0.323 e. The van der Waals surface area contributed by atoms with Crippen LogP contribution in [0.25, 0.3) is 0 Å². The van der Waals surface area contributed by atoms with Crippen molar-refractivity contribution in [3.63, 3.8) is 0 Å². The van der Waals surface area contributed by atoms with Gasteiger partial charge in [0.25, 0.3) is 11.8 Å². The van der Waals surface area contributed by atoms with Crippen LogP contribution in [0.1, 0.15) is 20.7 Å². The lowest BCUT2D eigenvalue weighted by Crippen LogP contribution is -2.35. The lowest BCUT2D eigenvalue weighted by molar-refractivity contribution is 0.0798. The number of amides is 4. The number of hydrogen-bond donors (Lipinski definition) is 10. The Morgan fingerprint density at radius 3 is 1.25 bits per heavy atom. The second-order valence-corrected chi connectivity index (χ2v) is 14.4. The first-order valence-corrected chi connectivity index (χ1v) is 17.3. The summed E-state index contributed by atoms with van der Waals surface area (Å²) in [5.74, 6) is -1.10. The molecule has 0 aliphatic rings. The number of anilines is 4. The summed E-state index contributed by atoms with van der Waals surface area (Å²) in [6.45, 7) is -1.41. The molecule has 2 atom stereocenters. The van der Waals surface area contributed by atoms with E-state index in [1.54, 1.807) is 0 Å². The van der Waals surface area contributed by atoms with Crippen molar-refractivity contribution in [3.8, 4) is 0 Å². The van der Waals surface area contributed by atoms with E-state index < -0.39 is 43.3 Å². The normalized spacial score (nSPS) is 12.4. The van der Waals surface area contributed by atoms with E-state index in [1.165, 1.54) is 0 Å². The van der Waals surface area contributed by atoms with E-state index in [0.29, 0.717) is 21.4 Å². The quantitative estimate of drug-likeness (QED) is 0.124. The second-order valence-electron chi connectivity index (χ2n) is 7.88. The van der Waals surface area contributed by atoms with Crippen molar-refractivity contribution in [2.45, 2.75) is 12.2 Å². The fourth-order valence-electron chi connectivity index (χ4n) is 2.97. The second kappa shape index (κ2) is 16.5. The molecule has 19 heteroatoms. The van der Waals surface area contributed by atoms with Crippen molar-refractivity contribution in [1.82, 2.24) is 10.6 Å². The van der Waals surface area contributed by atoms with Gasteiger partial charge in [-0.15, -0.1) is 0 Å². The molecular formula is C21H22I6N6O7. The molecule has 13 nitrogen and oxygen atoms in total. The molecule has 0 fully saturated rings. The van der Waals surface area contributed by atoms with Crippen molar-refractivity contribution < 1.29 is 34.8 Å². The van der Waals surface area contributed by atoms with Gasteiger partial charge in [0, 0.05) is 13.1 Å². The standard InChI is InChI=1S/C21H22I6N6O7/c22-9-7(19(38)30-1-5(36)3-34)11(24)17(13(26)15(9)28)32-21(40)33-18-12(25)8(10(23)16(29)14(18)27)20(39)31-2-6(37)4-35/h5-6,34-37H,1-4,28-29H2,(H,30,38)(H,31,39)(H2,32,33,40). The largest absolute Gasteiger partial charge is 0.397 e. The highest BCUT2D eigenvalue weighted by Gasteiger charge is 2.27. The molecule has 0 spiro atoms. The van der Waals surface area contributed by atoms with E-state index in [9.17, 15) is 24.6 Å². The summed E-state index contributed by atoms with van der Waals surface area (Å²) in [4.78, 5) is 39.0. The number of halogens is 6. The number of carbonyl (C=O) groups is 3. The van der Waals surface area contributed by atoms with Crippen LogP contribution in [0.5, 0.6) is 0 Å². The van der Waals surface area contributed by atoms with E-state index in [2.05, 4.69) is 21.3 Å². The number of carbonyl (C=O) groups excluding carboxylic acids is 3. The van der Waals surface area contributed by atoms with Crippen LogP contribution < -0.4 is 32.7 Å². The molecular weight excluding hydrogens is 1210 g/mol. The Balaban J connectivity index is 2.44. The number of urea groups is 1. The molecule has 220 valence electrons. The summed E-state index contributed by atoms with van der Waals surface area (Å²) in [6, 6.07) is -0.697. The molecule has 2 aromatic rings. The van der Waals surface area contributed by atoms with Crippen molar-refractivity contribution in [2.75, 3.05) is 48.4 Å². The smallest absolute Gasteiger partial charge is 0.323 e. The van der Waals surface area contributed by atoms with E-state index in [-0.39, 0.29) is 47.0 Å². The Hall–Kier alpha value is 0.470. The highest BCUT2D eigenvalue weighted by atomic mass is 127. The molecule has 2 aromatic carbocycles. The average Bonchev–Trinajstić information content (AvgIpc) is 2.92. The van der Waals surface area contributed by atoms with Crippen LogP contribution in [-0.4, -0.2) is 76.8 Å². The molecule has 4 amide bonds. The zero-order valence-electron chi connectivity index (χ0n) is 19.9. The molecule has 0 saturated heterocycles. The van der Waals surface area contributed by atoms with E-state index in [4.69, 9.17) is 21.7 Å². The summed E-state index contributed by atoms with van der Waals surface area (Å²) in [5.41, 5.74) is 13.9. The predicted octanol–water partition coefficient (Wildman–Crippen LogP) is 2.29. The number of nitrogen functional groups attached to an aromatic ring is 2. The highest BCUT2D eigenvalue weighted by molar-refractivity contribution is 14.1. The van der Waals surface area contributed by atoms with Gasteiger partial charge < -0.3 is 53.2 Å². The maximum absolute atomic E-state index is 13.2. The molecule has 2 unspecified atom stereocenters. The lowest BCUT2D eigenvalue weighted by Gasteiger charge is -2.20. The van der Waals surface area contributed by atoms with Gasteiger partial charge in [0.2, 0.25) is 0 Å². The molecule has 0 aliphatic carbocycles. The summed E-state index contributed by atoms with van der Waals surface area (Å²) < 4.78 is 2.65. The maximum atomic E-state index is 13.2. The summed E-state index contributed by atoms with van der Waals surface area (Å²) in [7, 11) is 0. The average molecular weight is 1230 g/mol. The van der Waals surface area contributed by atoms with Gasteiger partial charge in [0.15, 0.2) is 0 Å². The number of benzene rings is 2. The number of nitrogens with two attached hydrogens (primary N) is 2. The molecule has 2 rings (SSSR count). The SMILES string of the molecule is Nc1c(I)c(NC(=O)Nc2c(I)c(N)c(I)c(C(=O)NCC(O)CO)c2I)c(I)c(C(=O)NCC(O)CO)c1I. The summed E-state index contributed by atoms with van der Waals surface area (Å²) in [5, 5.41) is 47.7. The lowest BCUT2D eigenvalue weighted by atomic mass is 10.1. The van der Waals surface area contributed by atoms with Crippen LogP contribution in [-0.2, 0) is 0 Å². The number of hydrogen-bond acceptors (Lipinski definition) is 9. The number of aliphatic hydroxyl groups excluding tert-OH is 4. The summed E-state index contributed by atoms with van der Waals surface area (Å²) in [6.07, 6.45) is -2.27. The van der Waals surface area contributed by atoms with E-state index in [0.717, 1.165) is 0 Å². The molecule has 0 bridgehead atoms. The Labute approximate surface area is 310 Å². The van der Waals surface area contributed by atoms with E-state index >= 15 is 0 Å². The van der Waals surface area contributed by atoms with Gasteiger partial charge in [-0.25, -0.2) is 4.79 Å². The number of aliphatic hydroxyl groups is 4. The Kier molecular flexibility index (Phi) is 15.1. The van der Waals surface area contributed by atoms with Gasteiger partial charge in [-0.05, 0) is 136 Å². The van der Waals surface area contributed by atoms with Crippen LogP contribution >= 0.6 is 136 Å². The number of nitrogens with one attached hydrogen (secondary N) is 4. The van der Waals surface area contributed by atoms with E-state index in [1.807, 2.05) is 136 Å². The van der Waals surface area contributed by atoms with Gasteiger partial charge in [-0.1, -0.05) is 0 Å². The molecule has 0 aromatic heterocycles. The minimum atomic E-state index is -1.14. The minimum Gasteiger partial charge on any atom is -0.397 e. The van der Waals surface area contributed by atoms with Crippen molar-refractivity contribution in [3.05, 3.63) is 32.5 Å². The topological polar surface area (TPSA) is 232 Å². The third-order valence-electron chi connectivity index (χ3n) is 5.05. The molecule has 12 N–H and O–H groups in total. The predicted molar refractivity (Wildman–Crippen MR) is 202 cm³/mol. The molecule has 0 radical (unpaired) electrons. The van der Waals surface area contributed by atoms with Crippen LogP contribution in [0.4, 0.5) is 27.5 Å².